The summed E-state index contributed by atoms with van der Waals surface area (Å²) in [5, 5.41) is 0.673. The van der Waals surface area contributed by atoms with Crippen LogP contribution in [0.25, 0.3) is 0 Å². The number of hydrogen-bond acceptors (Lipinski definition) is 3. The quantitative estimate of drug-likeness (QED) is 0.242. The number of halogens is 2. The van der Waals surface area contributed by atoms with Gasteiger partial charge in [0.15, 0.2) is 11.5 Å². The van der Waals surface area contributed by atoms with Crippen molar-refractivity contribution in [1.82, 2.24) is 0 Å². The van der Waals surface area contributed by atoms with Crippen LogP contribution in [0.1, 0.15) is 29.2 Å². The van der Waals surface area contributed by atoms with E-state index in [1.165, 1.54) is 5.56 Å². The lowest BCUT2D eigenvalue weighted by Gasteiger charge is -2.15. The summed E-state index contributed by atoms with van der Waals surface area (Å²) in [6.07, 6.45) is 1.83. The van der Waals surface area contributed by atoms with Crippen molar-refractivity contribution in [2.75, 3.05) is 6.61 Å². The zero-order valence-corrected chi connectivity index (χ0v) is 19.6. The molecule has 0 atom stereocenters. The number of ether oxygens (including phenoxy) is 2. The van der Waals surface area contributed by atoms with Gasteiger partial charge in [-0.2, -0.15) is 0 Å². The lowest BCUT2D eigenvalue weighted by Crippen LogP contribution is -2.02. The Labute approximate surface area is 190 Å². The Hall–Kier alpha value is -2.05. The van der Waals surface area contributed by atoms with Gasteiger partial charge in [-0.15, -0.1) is 0 Å². The lowest BCUT2D eigenvalue weighted by molar-refractivity contribution is 0.267. The molecular weight excluding hydrogens is 497 g/mol. The third-order valence-corrected chi connectivity index (χ3v) is 5.40. The molecule has 0 aliphatic heterocycles. The maximum absolute atomic E-state index is 6.10. The van der Waals surface area contributed by atoms with Crippen molar-refractivity contribution >= 4 is 46.1 Å². The van der Waals surface area contributed by atoms with Crippen LogP contribution in [0, 0.1) is 17.4 Å². The van der Waals surface area contributed by atoms with Crippen LogP contribution in [-0.4, -0.2) is 12.8 Å². The van der Waals surface area contributed by atoms with Crippen LogP contribution >= 0.6 is 34.2 Å². The largest absolute Gasteiger partial charge is 0.490 e. The molecule has 0 saturated carbocycles. The van der Waals surface area contributed by atoms with E-state index in [2.05, 4.69) is 58.8 Å². The van der Waals surface area contributed by atoms with E-state index in [0.717, 1.165) is 37.4 Å². The zero-order valence-electron chi connectivity index (χ0n) is 16.7. The van der Waals surface area contributed by atoms with Crippen LogP contribution in [-0.2, 0) is 6.61 Å². The van der Waals surface area contributed by atoms with E-state index < -0.39 is 0 Å². The summed E-state index contributed by atoms with van der Waals surface area (Å²) in [7, 11) is 0. The topological polar surface area (TPSA) is 30.8 Å². The monoisotopic (exact) mass is 519 g/mol. The second kappa shape index (κ2) is 10.1. The van der Waals surface area contributed by atoms with E-state index in [1.807, 2.05) is 50.4 Å². The predicted octanol–water partition coefficient (Wildman–Crippen LogP) is 7.29. The first-order valence-corrected chi connectivity index (χ1v) is 10.9. The molecule has 0 aromatic heterocycles. The van der Waals surface area contributed by atoms with Gasteiger partial charge in [0.25, 0.3) is 0 Å². The van der Waals surface area contributed by atoms with Crippen LogP contribution in [0.15, 0.2) is 59.6 Å². The first-order valence-electron chi connectivity index (χ1n) is 9.41. The minimum Gasteiger partial charge on any atom is -0.490 e. The third kappa shape index (κ3) is 5.97. The van der Waals surface area contributed by atoms with E-state index in [9.17, 15) is 0 Å². The second-order valence-corrected chi connectivity index (χ2v) is 8.32. The predicted molar refractivity (Wildman–Crippen MR) is 129 cm³/mol. The van der Waals surface area contributed by atoms with E-state index >= 15 is 0 Å². The maximum Gasteiger partial charge on any atom is 0.175 e. The molecule has 3 aromatic carbocycles. The van der Waals surface area contributed by atoms with Crippen molar-refractivity contribution in [2.45, 2.75) is 27.4 Å². The van der Waals surface area contributed by atoms with Crippen molar-refractivity contribution in [3.05, 3.63) is 85.4 Å². The fourth-order valence-electron chi connectivity index (χ4n) is 2.77. The molecular formula is C24H23ClINO2. The van der Waals surface area contributed by atoms with Crippen molar-refractivity contribution < 1.29 is 9.47 Å². The normalized spacial score (nSPS) is 11.1. The Kier molecular flexibility index (Phi) is 7.56. The standard InChI is InChI=1S/C24H23ClINO2/c1-4-28-23-12-19(14-27-22-13-20(25)10-7-17(22)3)11-21(26)24(23)29-15-18-8-5-16(2)6-9-18/h5-14H,4,15H2,1-3H3. The zero-order chi connectivity index (χ0) is 20.8. The summed E-state index contributed by atoms with van der Waals surface area (Å²) < 4.78 is 12.9. The molecule has 150 valence electrons. The van der Waals surface area contributed by atoms with Crippen LogP contribution in [0.4, 0.5) is 5.69 Å². The average Bonchev–Trinajstić information content (AvgIpc) is 2.69. The van der Waals surface area contributed by atoms with Gasteiger partial charge in [-0.25, -0.2) is 0 Å². The van der Waals surface area contributed by atoms with Gasteiger partial charge >= 0.3 is 0 Å². The molecule has 0 saturated heterocycles. The first-order chi connectivity index (χ1) is 14.0. The molecule has 0 aliphatic carbocycles. The van der Waals surface area contributed by atoms with Gasteiger partial charge in [0.05, 0.1) is 15.9 Å². The molecule has 0 bridgehead atoms. The highest BCUT2D eigenvalue weighted by Gasteiger charge is 2.12. The van der Waals surface area contributed by atoms with Gasteiger partial charge in [0.1, 0.15) is 6.61 Å². The van der Waals surface area contributed by atoms with Gasteiger partial charge in [-0.05, 0) is 84.3 Å². The molecule has 29 heavy (non-hydrogen) atoms. The second-order valence-electron chi connectivity index (χ2n) is 6.73. The minimum absolute atomic E-state index is 0.492. The van der Waals surface area contributed by atoms with Crippen molar-refractivity contribution in [1.29, 1.82) is 0 Å². The summed E-state index contributed by atoms with van der Waals surface area (Å²) in [5.74, 6) is 1.47. The Bertz CT molecular complexity index is 1020. The summed E-state index contributed by atoms with van der Waals surface area (Å²) in [6.45, 7) is 7.11. The first kappa shape index (κ1) is 21.7. The van der Waals surface area contributed by atoms with Gasteiger partial charge < -0.3 is 9.47 Å². The molecule has 0 spiro atoms. The number of aryl methyl sites for hydroxylation is 2. The summed E-state index contributed by atoms with van der Waals surface area (Å²) in [4.78, 5) is 4.60. The molecule has 0 aliphatic rings. The lowest BCUT2D eigenvalue weighted by atomic mass is 10.1. The van der Waals surface area contributed by atoms with Crippen LogP contribution in [0.3, 0.4) is 0 Å². The van der Waals surface area contributed by atoms with Crippen LogP contribution in [0.5, 0.6) is 11.5 Å². The number of aliphatic imine (C=N–C) groups is 1. The third-order valence-electron chi connectivity index (χ3n) is 4.36. The van der Waals surface area contributed by atoms with Crippen molar-refractivity contribution in [2.24, 2.45) is 4.99 Å². The van der Waals surface area contributed by atoms with E-state index in [0.29, 0.717) is 18.2 Å². The van der Waals surface area contributed by atoms with Gasteiger partial charge in [0.2, 0.25) is 0 Å². The van der Waals surface area contributed by atoms with E-state index in [4.69, 9.17) is 21.1 Å². The maximum atomic E-state index is 6.10. The fourth-order valence-corrected chi connectivity index (χ4v) is 3.72. The molecule has 0 radical (unpaired) electrons. The number of benzene rings is 3. The Morgan fingerprint density at radius 1 is 1.00 bits per heavy atom. The Balaban J connectivity index is 1.84. The number of hydrogen-bond donors (Lipinski definition) is 0. The highest BCUT2D eigenvalue weighted by Crippen LogP contribution is 2.35. The number of nitrogens with zero attached hydrogens (tertiary/aromatic N) is 1. The summed E-state index contributed by atoms with van der Waals surface area (Å²) in [5.41, 5.74) is 5.22. The van der Waals surface area contributed by atoms with Crippen molar-refractivity contribution in [3.63, 3.8) is 0 Å². The highest BCUT2D eigenvalue weighted by molar-refractivity contribution is 14.1. The summed E-state index contributed by atoms with van der Waals surface area (Å²) in [6, 6.07) is 18.0. The number of rotatable bonds is 7. The van der Waals surface area contributed by atoms with E-state index in [-0.39, 0.29) is 0 Å². The van der Waals surface area contributed by atoms with Crippen LogP contribution in [0.2, 0.25) is 5.02 Å². The highest BCUT2D eigenvalue weighted by atomic mass is 127. The molecule has 5 heteroatoms. The molecule has 0 unspecified atom stereocenters. The molecule has 3 nitrogen and oxygen atoms in total. The molecule has 0 N–H and O–H groups in total. The van der Waals surface area contributed by atoms with Gasteiger partial charge in [-0.3, -0.25) is 4.99 Å². The molecule has 3 rings (SSSR count). The van der Waals surface area contributed by atoms with Gasteiger partial charge in [0, 0.05) is 11.2 Å². The molecule has 3 aromatic rings. The molecule has 0 heterocycles. The fraction of sp³-hybridized carbons (Fsp3) is 0.208. The van der Waals surface area contributed by atoms with Gasteiger partial charge in [-0.1, -0.05) is 47.5 Å². The average molecular weight is 520 g/mol. The molecule has 0 fully saturated rings. The minimum atomic E-state index is 0.492. The van der Waals surface area contributed by atoms with E-state index in [1.54, 1.807) is 0 Å². The van der Waals surface area contributed by atoms with Crippen LogP contribution < -0.4 is 9.47 Å². The smallest absolute Gasteiger partial charge is 0.175 e. The Morgan fingerprint density at radius 2 is 1.76 bits per heavy atom. The Morgan fingerprint density at radius 3 is 2.48 bits per heavy atom. The summed E-state index contributed by atoms with van der Waals surface area (Å²) >= 11 is 8.37. The molecule has 0 amide bonds. The van der Waals surface area contributed by atoms with Crippen molar-refractivity contribution in [3.8, 4) is 11.5 Å². The SMILES string of the molecule is CCOc1cc(C=Nc2cc(Cl)ccc2C)cc(I)c1OCc1ccc(C)cc1.